The lowest BCUT2D eigenvalue weighted by atomic mass is 10.3. The largest absolute Gasteiger partial charge is 0.378 e. The molecule has 2 aromatic heterocycles. The molecule has 4 nitrogen and oxygen atoms in total. The summed E-state index contributed by atoms with van der Waals surface area (Å²) in [5.74, 6) is 0. The highest BCUT2D eigenvalue weighted by Gasteiger charge is 2.06. The van der Waals surface area contributed by atoms with E-state index in [1.807, 2.05) is 6.92 Å². The molecule has 0 amide bonds. The first-order chi connectivity index (χ1) is 6.72. The van der Waals surface area contributed by atoms with Crippen molar-refractivity contribution in [2.45, 2.75) is 13.5 Å². The van der Waals surface area contributed by atoms with Crippen LogP contribution in [0.1, 0.15) is 11.3 Å². The number of nitrogens with zero attached hydrogens (tertiary/aromatic N) is 3. The second kappa shape index (κ2) is 3.55. The molecule has 14 heavy (non-hydrogen) atoms. The third kappa shape index (κ3) is 1.47. The zero-order valence-corrected chi connectivity index (χ0v) is 8.75. The van der Waals surface area contributed by atoms with Gasteiger partial charge in [-0.25, -0.2) is 9.50 Å². The fourth-order valence-corrected chi connectivity index (χ4v) is 1.55. The quantitative estimate of drug-likeness (QED) is 0.712. The molecule has 0 N–H and O–H groups in total. The van der Waals surface area contributed by atoms with Crippen LogP contribution in [0.4, 0.5) is 0 Å². The third-order valence-corrected chi connectivity index (χ3v) is 2.22. The molecule has 0 spiro atoms. The van der Waals surface area contributed by atoms with E-state index in [1.165, 1.54) is 0 Å². The molecule has 0 saturated heterocycles. The maximum atomic E-state index is 6.02. The van der Waals surface area contributed by atoms with Crippen LogP contribution in [-0.4, -0.2) is 21.7 Å². The van der Waals surface area contributed by atoms with Gasteiger partial charge in [0.15, 0.2) is 5.65 Å². The SMILES string of the molecule is COCc1cc(Cl)n2ncc(C)c2n1. The molecule has 74 valence electrons. The van der Waals surface area contributed by atoms with E-state index in [0.717, 1.165) is 16.9 Å². The average molecular weight is 212 g/mol. The van der Waals surface area contributed by atoms with Gasteiger partial charge in [-0.15, -0.1) is 0 Å². The molecule has 2 aromatic rings. The Hall–Kier alpha value is -1.13. The normalized spacial score (nSPS) is 11.1. The van der Waals surface area contributed by atoms with Crippen molar-refractivity contribution < 1.29 is 4.74 Å². The monoisotopic (exact) mass is 211 g/mol. The summed E-state index contributed by atoms with van der Waals surface area (Å²) in [6.07, 6.45) is 1.74. The van der Waals surface area contributed by atoms with Crippen molar-refractivity contribution in [1.82, 2.24) is 14.6 Å². The molecule has 2 heterocycles. The first kappa shape index (κ1) is 9.43. The molecule has 0 aliphatic rings. The minimum absolute atomic E-state index is 0.459. The summed E-state index contributed by atoms with van der Waals surface area (Å²) in [5.41, 5.74) is 2.60. The first-order valence-electron chi connectivity index (χ1n) is 4.21. The van der Waals surface area contributed by atoms with Crippen molar-refractivity contribution in [2.75, 3.05) is 7.11 Å². The summed E-state index contributed by atoms with van der Waals surface area (Å²) in [5, 5.41) is 4.65. The van der Waals surface area contributed by atoms with Crippen LogP contribution < -0.4 is 0 Å². The van der Waals surface area contributed by atoms with E-state index < -0.39 is 0 Å². The lowest BCUT2D eigenvalue weighted by molar-refractivity contribution is 0.181. The number of fused-ring (bicyclic) bond motifs is 1. The van der Waals surface area contributed by atoms with Crippen LogP contribution in [0.2, 0.25) is 5.15 Å². The maximum Gasteiger partial charge on any atom is 0.159 e. The molecule has 0 radical (unpaired) electrons. The van der Waals surface area contributed by atoms with Crippen molar-refractivity contribution in [2.24, 2.45) is 0 Å². The highest BCUT2D eigenvalue weighted by molar-refractivity contribution is 6.29. The number of rotatable bonds is 2. The van der Waals surface area contributed by atoms with E-state index in [1.54, 1.807) is 23.9 Å². The Labute approximate surface area is 86.5 Å². The Morgan fingerprint density at radius 1 is 1.57 bits per heavy atom. The molecule has 0 atom stereocenters. The van der Waals surface area contributed by atoms with Gasteiger partial charge in [-0.1, -0.05) is 11.6 Å². The van der Waals surface area contributed by atoms with Gasteiger partial charge in [0, 0.05) is 12.7 Å². The smallest absolute Gasteiger partial charge is 0.159 e. The maximum absolute atomic E-state index is 6.02. The Balaban J connectivity index is 2.63. The molecule has 0 saturated carbocycles. The number of methoxy groups -OCH3 is 1. The van der Waals surface area contributed by atoms with Gasteiger partial charge < -0.3 is 4.74 Å². The second-order valence-electron chi connectivity index (χ2n) is 3.07. The van der Waals surface area contributed by atoms with Gasteiger partial charge in [-0.2, -0.15) is 5.10 Å². The Morgan fingerprint density at radius 2 is 2.36 bits per heavy atom. The molecule has 0 aliphatic heterocycles. The Bertz CT molecular complexity index is 466. The van der Waals surface area contributed by atoms with Crippen molar-refractivity contribution in [3.05, 3.63) is 28.7 Å². The third-order valence-electron chi connectivity index (χ3n) is 1.95. The molecule has 0 aromatic carbocycles. The van der Waals surface area contributed by atoms with Crippen molar-refractivity contribution in [1.29, 1.82) is 0 Å². The van der Waals surface area contributed by atoms with Crippen LogP contribution in [0.3, 0.4) is 0 Å². The van der Waals surface area contributed by atoms with Crippen molar-refractivity contribution >= 4 is 17.2 Å². The second-order valence-corrected chi connectivity index (χ2v) is 3.45. The van der Waals surface area contributed by atoms with Crippen molar-refractivity contribution in [3.8, 4) is 0 Å². The fourth-order valence-electron chi connectivity index (χ4n) is 1.30. The van der Waals surface area contributed by atoms with Crippen LogP contribution in [0.15, 0.2) is 12.3 Å². The summed E-state index contributed by atoms with van der Waals surface area (Å²) in [4.78, 5) is 4.38. The predicted octanol–water partition coefficient (Wildman–Crippen LogP) is 1.84. The lowest BCUT2D eigenvalue weighted by Crippen LogP contribution is -1.98. The van der Waals surface area contributed by atoms with Crippen LogP contribution >= 0.6 is 11.6 Å². The summed E-state index contributed by atoms with van der Waals surface area (Å²) in [6, 6.07) is 1.75. The fraction of sp³-hybridized carbons (Fsp3) is 0.333. The van der Waals surface area contributed by atoms with Gasteiger partial charge >= 0.3 is 0 Å². The Kier molecular flexibility index (Phi) is 2.39. The van der Waals surface area contributed by atoms with Gasteiger partial charge in [0.25, 0.3) is 0 Å². The Morgan fingerprint density at radius 3 is 3.07 bits per heavy atom. The average Bonchev–Trinajstić information content (AvgIpc) is 2.49. The zero-order valence-electron chi connectivity index (χ0n) is 7.99. The van der Waals surface area contributed by atoms with E-state index >= 15 is 0 Å². The number of aromatic nitrogens is 3. The molecule has 0 bridgehead atoms. The summed E-state index contributed by atoms with van der Waals surface area (Å²) >= 11 is 6.02. The molecule has 0 unspecified atom stereocenters. The summed E-state index contributed by atoms with van der Waals surface area (Å²) < 4.78 is 6.60. The van der Waals surface area contributed by atoms with Crippen LogP contribution in [0.25, 0.3) is 5.65 Å². The summed E-state index contributed by atoms with van der Waals surface area (Å²) in [7, 11) is 1.63. The first-order valence-corrected chi connectivity index (χ1v) is 4.59. The minimum Gasteiger partial charge on any atom is -0.378 e. The van der Waals surface area contributed by atoms with Gasteiger partial charge in [0.2, 0.25) is 0 Å². The van der Waals surface area contributed by atoms with Crippen molar-refractivity contribution in [3.63, 3.8) is 0 Å². The van der Waals surface area contributed by atoms with E-state index in [-0.39, 0.29) is 0 Å². The molecule has 5 heteroatoms. The van der Waals surface area contributed by atoms with Crippen LogP contribution in [0.5, 0.6) is 0 Å². The van der Waals surface area contributed by atoms with Gasteiger partial charge in [0.1, 0.15) is 5.15 Å². The van der Waals surface area contributed by atoms with E-state index in [9.17, 15) is 0 Å². The van der Waals surface area contributed by atoms with E-state index in [0.29, 0.717) is 11.8 Å². The molecule has 0 aliphatic carbocycles. The highest BCUT2D eigenvalue weighted by Crippen LogP contribution is 2.15. The van der Waals surface area contributed by atoms with E-state index in [2.05, 4.69) is 10.1 Å². The van der Waals surface area contributed by atoms with Crippen LogP contribution in [-0.2, 0) is 11.3 Å². The molecular formula is C9H10ClN3O. The van der Waals surface area contributed by atoms with Gasteiger partial charge in [0.05, 0.1) is 18.5 Å². The van der Waals surface area contributed by atoms with Gasteiger partial charge in [-0.05, 0) is 13.0 Å². The number of halogens is 1. The summed E-state index contributed by atoms with van der Waals surface area (Å²) in [6.45, 7) is 2.41. The lowest BCUT2D eigenvalue weighted by Gasteiger charge is -2.02. The molecule has 2 rings (SSSR count). The number of aryl methyl sites for hydroxylation is 1. The number of ether oxygens (including phenoxy) is 1. The van der Waals surface area contributed by atoms with Crippen LogP contribution in [0, 0.1) is 6.92 Å². The number of hydrogen-bond donors (Lipinski definition) is 0. The molecular weight excluding hydrogens is 202 g/mol. The zero-order chi connectivity index (χ0) is 10.1. The van der Waals surface area contributed by atoms with E-state index in [4.69, 9.17) is 16.3 Å². The molecule has 0 fully saturated rings. The standard InChI is InChI=1S/C9H10ClN3O/c1-6-4-11-13-8(10)3-7(5-14-2)12-9(6)13/h3-4H,5H2,1-2H3. The number of hydrogen-bond acceptors (Lipinski definition) is 3. The minimum atomic E-state index is 0.459. The van der Waals surface area contributed by atoms with Gasteiger partial charge in [-0.3, -0.25) is 0 Å². The predicted molar refractivity (Wildman–Crippen MR) is 53.4 cm³/mol. The highest BCUT2D eigenvalue weighted by atomic mass is 35.5. The topological polar surface area (TPSA) is 39.4 Å².